The van der Waals surface area contributed by atoms with Gasteiger partial charge in [-0.25, -0.2) is 0 Å². The van der Waals surface area contributed by atoms with Crippen LogP contribution in [0.5, 0.6) is 0 Å². The molecule has 0 radical (unpaired) electrons. The van der Waals surface area contributed by atoms with E-state index in [0.717, 1.165) is 31.9 Å². The quantitative estimate of drug-likeness (QED) is 0.939. The lowest BCUT2D eigenvalue weighted by atomic mass is 10.2. The van der Waals surface area contributed by atoms with Crippen molar-refractivity contribution < 1.29 is 4.79 Å². The lowest BCUT2D eigenvalue weighted by Gasteiger charge is -2.37. The van der Waals surface area contributed by atoms with Crippen LogP contribution in [0.2, 0.25) is 0 Å². The Morgan fingerprint density at radius 3 is 2.21 bits per heavy atom. The molecule has 1 aliphatic heterocycles. The highest BCUT2D eigenvalue weighted by Crippen LogP contribution is 2.17. The number of anilines is 2. The third-order valence-corrected chi connectivity index (χ3v) is 4.52. The zero-order valence-corrected chi connectivity index (χ0v) is 14.4. The van der Waals surface area contributed by atoms with E-state index in [1.807, 2.05) is 30.0 Å². The topological polar surface area (TPSA) is 35.6 Å². The number of para-hydroxylation sites is 1. The number of amides is 1. The van der Waals surface area contributed by atoms with Crippen LogP contribution in [-0.2, 0) is 4.79 Å². The molecule has 0 saturated carbocycles. The highest BCUT2D eigenvalue weighted by molar-refractivity contribution is 5.84. The second-order valence-electron chi connectivity index (χ2n) is 6.38. The third-order valence-electron chi connectivity index (χ3n) is 4.52. The van der Waals surface area contributed by atoms with E-state index in [9.17, 15) is 4.79 Å². The second kappa shape index (κ2) is 7.39. The van der Waals surface area contributed by atoms with Crippen LogP contribution in [0.4, 0.5) is 11.4 Å². The highest BCUT2D eigenvalue weighted by atomic mass is 16.2. The van der Waals surface area contributed by atoms with E-state index < -0.39 is 0 Å². The molecular formula is C20H25N3O. The van der Waals surface area contributed by atoms with Gasteiger partial charge in [0.2, 0.25) is 5.91 Å². The molecule has 4 heteroatoms. The molecule has 1 saturated heterocycles. The molecule has 0 aromatic heterocycles. The van der Waals surface area contributed by atoms with Crippen LogP contribution in [0.15, 0.2) is 54.6 Å². The summed E-state index contributed by atoms with van der Waals surface area (Å²) in [6.45, 7) is 7.30. The van der Waals surface area contributed by atoms with Crippen molar-refractivity contribution in [2.45, 2.75) is 19.9 Å². The van der Waals surface area contributed by atoms with Crippen LogP contribution in [-0.4, -0.2) is 43.0 Å². The van der Waals surface area contributed by atoms with Gasteiger partial charge in [-0.1, -0.05) is 35.9 Å². The van der Waals surface area contributed by atoms with E-state index in [0.29, 0.717) is 0 Å². The van der Waals surface area contributed by atoms with Crippen molar-refractivity contribution in [2.24, 2.45) is 0 Å². The smallest absolute Gasteiger partial charge is 0.244 e. The minimum atomic E-state index is -0.212. The number of carbonyl (C=O) groups excluding carboxylic acids is 1. The molecule has 1 fully saturated rings. The van der Waals surface area contributed by atoms with E-state index in [2.05, 4.69) is 53.5 Å². The van der Waals surface area contributed by atoms with Gasteiger partial charge in [-0.3, -0.25) is 4.79 Å². The van der Waals surface area contributed by atoms with Crippen LogP contribution in [0.25, 0.3) is 0 Å². The first-order chi connectivity index (χ1) is 11.6. The Hall–Kier alpha value is -2.49. The summed E-state index contributed by atoms with van der Waals surface area (Å²) >= 11 is 0. The van der Waals surface area contributed by atoms with Crippen molar-refractivity contribution in [3.8, 4) is 0 Å². The van der Waals surface area contributed by atoms with Crippen LogP contribution in [0, 0.1) is 6.92 Å². The molecule has 0 spiro atoms. The number of benzene rings is 2. The van der Waals surface area contributed by atoms with Gasteiger partial charge in [-0.15, -0.1) is 0 Å². The third kappa shape index (κ3) is 3.88. The molecule has 2 aromatic rings. The van der Waals surface area contributed by atoms with Crippen molar-refractivity contribution in [3.63, 3.8) is 0 Å². The van der Waals surface area contributed by atoms with E-state index >= 15 is 0 Å². The van der Waals surface area contributed by atoms with Gasteiger partial charge in [0, 0.05) is 37.6 Å². The molecule has 0 aliphatic carbocycles. The molecule has 3 rings (SSSR count). The molecule has 4 nitrogen and oxygen atoms in total. The van der Waals surface area contributed by atoms with Gasteiger partial charge in [-0.2, -0.15) is 0 Å². The molecule has 24 heavy (non-hydrogen) atoms. The van der Waals surface area contributed by atoms with E-state index in [4.69, 9.17) is 0 Å². The zero-order chi connectivity index (χ0) is 16.9. The number of aryl methyl sites for hydroxylation is 1. The summed E-state index contributed by atoms with van der Waals surface area (Å²) in [5.74, 6) is 0.170. The standard InChI is InChI=1S/C20H25N3O/c1-16-8-10-18(11-9-16)21-17(2)20(24)23-14-12-22(13-15-23)19-6-4-3-5-7-19/h3-11,17,21H,12-15H2,1-2H3/t17-/m1/s1. The van der Waals surface area contributed by atoms with Gasteiger partial charge in [0.15, 0.2) is 0 Å². The first-order valence-corrected chi connectivity index (χ1v) is 8.55. The van der Waals surface area contributed by atoms with Crippen molar-refractivity contribution in [1.29, 1.82) is 0 Å². The van der Waals surface area contributed by atoms with Crippen molar-refractivity contribution in [3.05, 3.63) is 60.2 Å². The van der Waals surface area contributed by atoms with Crippen LogP contribution >= 0.6 is 0 Å². The Balaban J connectivity index is 1.53. The largest absolute Gasteiger partial charge is 0.374 e. The summed E-state index contributed by atoms with van der Waals surface area (Å²) < 4.78 is 0. The number of nitrogens with one attached hydrogen (secondary N) is 1. The van der Waals surface area contributed by atoms with Gasteiger partial charge in [0.25, 0.3) is 0 Å². The van der Waals surface area contributed by atoms with E-state index in [-0.39, 0.29) is 11.9 Å². The maximum absolute atomic E-state index is 12.7. The fraction of sp³-hybridized carbons (Fsp3) is 0.350. The molecule has 2 aromatic carbocycles. The van der Waals surface area contributed by atoms with E-state index in [1.165, 1.54) is 11.3 Å². The SMILES string of the molecule is Cc1ccc(N[C@H](C)C(=O)N2CCN(c3ccccc3)CC2)cc1. The number of nitrogens with zero attached hydrogens (tertiary/aromatic N) is 2. The monoisotopic (exact) mass is 323 g/mol. The van der Waals surface area contributed by atoms with Crippen LogP contribution in [0.3, 0.4) is 0 Å². The maximum atomic E-state index is 12.7. The summed E-state index contributed by atoms with van der Waals surface area (Å²) in [4.78, 5) is 17.0. The normalized spacial score (nSPS) is 15.9. The summed E-state index contributed by atoms with van der Waals surface area (Å²) in [5, 5.41) is 3.30. The molecule has 1 atom stereocenters. The lowest BCUT2D eigenvalue weighted by molar-refractivity contribution is -0.131. The molecule has 0 unspecified atom stereocenters. The Labute approximate surface area is 144 Å². The predicted molar refractivity (Wildman–Crippen MR) is 99.5 cm³/mol. The summed E-state index contributed by atoms with van der Waals surface area (Å²) in [5.41, 5.74) is 3.44. The predicted octanol–water partition coefficient (Wildman–Crippen LogP) is 3.14. The fourth-order valence-electron chi connectivity index (χ4n) is 3.06. The molecule has 0 bridgehead atoms. The average Bonchev–Trinajstić information content (AvgIpc) is 2.64. The lowest BCUT2D eigenvalue weighted by Crippen LogP contribution is -2.52. The number of piperazine rings is 1. The summed E-state index contributed by atoms with van der Waals surface area (Å²) in [7, 11) is 0. The minimum absolute atomic E-state index is 0.170. The average molecular weight is 323 g/mol. The zero-order valence-electron chi connectivity index (χ0n) is 14.4. The van der Waals surface area contributed by atoms with Crippen molar-refractivity contribution >= 4 is 17.3 Å². The van der Waals surface area contributed by atoms with Gasteiger partial charge in [0.1, 0.15) is 6.04 Å². The number of carbonyl (C=O) groups is 1. The van der Waals surface area contributed by atoms with Gasteiger partial charge < -0.3 is 15.1 Å². The van der Waals surface area contributed by atoms with Gasteiger partial charge >= 0.3 is 0 Å². The molecule has 1 aliphatic rings. The summed E-state index contributed by atoms with van der Waals surface area (Å²) in [6, 6.07) is 18.3. The van der Waals surface area contributed by atoms with Crippen LogP contribution < -0.4 is 10.2 Å². The fourth-order valence-corrected chi connectivity index (χ4v) is 3.06. The maximum Gasteiger partial charge on any atom is 0.244 e. The summed E-state index contributed by atoms with van der Waals surface area (Å²) in [6.07, 6.45) is 0. The Bertz CT molecular complexity index is 661. The van der Waals surface area contributed by atoms with Crippen LogP contribution in [0.1, 0.15) is 12.5 Å². The highest BCUT2D eigenvalue weighted by Gasteiger charge is 2.24. The number of hydrogen-bond acceptors (Lipinski definition) is 3. The molecule has 1 amide bonds. The Kier molecular flexibility index (Phi) is 5.04. The Morgan fingerprint density at radius 2 is 1.58 bits per heavy atom. The first-order valence-electron chi connectivity index (χ1n) is 8.55. The van der Waals surface area contributed by atoms with Crippen molar-refractivity contribution in [1.82, 2.24) is 4.90 Å². The van der Waals surface area contributed by atoms with Gasteiger partial charge in [-0.05, 0) is 38.1 Å². The minimum Gasteiger partial charge on any atom is -0.374 e. The number of rotatable bonds is 4. The second-order valence-corrected chi connectivity index (χ2v) is 6.38. The number of hydrogen-bond donors (Lipinski definition) is 1. The van der Waals surface area contributed by atoms with E-state index in [1.54, 1.807) is 0 Å². The molecule has 126 valence electrons. The first kappa shape index (κ1) is 16.4. The van der Waals surface area contributed by atoms with Gasteiger partial charge in [0.05, 0.1) is 0 Å². The molecule has 1 N–H and O–H groups in total. The Morgan fingerprint density at radius 1 is 0.958 bits per heavy atom. The molecular weight excluding hydrogens is 298 g/mol. The van der Waals surface area contributed by atoms with Crippen molar-refractivity contribution in [2.75, 3.05) is 36.4 Å². The molecule has 1 heterocycles.